The normalized spacial score (nSPS) is 15.9. The lowest BCUT2D eigenvalue weighted by Gasteiger charge is -2.25. The summed E-state index contributed by atoms with van der Waals surface area (Å²) in [7, 11) is 0. The molecule has 5 heteroatoms. The fraction of sp³-hybridized carbons (Fsp3) is 0.300. The second-order valence-electron chi connectivity index (χ2n) is 3.17. The molecule has 0 radical (unpaired) electrons. The smallest absolute Gasteiger partial charge is 0.341 e. The van der Waals surface area contributed by atoms with Crippen molar-refractivity contribution in [3.63, 3.8) is 0 Å². The molecule has 0 saturated carbocycles. The van der Waals surface area contributed by atoms with E-state index in [0.717, 1.165) is 6.07 Å². The summed E-state index contributed by atoms with van der Waals surface area (Å²) in [6.45, 7) is 0.616. The van der Waals surface area contributed by atoms with Crippen LogP contribution < -0.4 is 0 Å². The SMILES string of the molecule is O=C(OC1COC1)c1cccc(F)c1F. The van der Waals surface area contributed by atoms with Gasteiger partial charge < -0.3 is 9.47 Å². The molecule has 15 heavy (non-hydrogen) atoms. The van der Waals surface area contributed by atoms with Crippen molar-refractivity contribution in [3.8, 4) is 0 Å². The van der Waals surface area contributed by atoms with E-state index in [2.05, 4.69) is 0 Å². The number of carbonyl (C=O) groups excluding carboxylic acids is 1. The van der Waals surface area contributed by atoms with Gasteiger partial charge in [0.2, 0.25) is 0 Å². The summed E-state index contributed by atoms with van der Waals surface area (Å²) in [5.41, 5.74) is -0.387. The second-order valence-corrected chi connectivity index (χ2v) is 3.17. The highest BCUT2D eigenvalue weighted by Crippen LogP contribution is 2.15. The zero-order valence-corrected chi connectivity index (χ0v) is 7.70. The molecule has 1 aliphatic heterocycles. The van der Waals surface area contributed by atoms with Crippen LogP contribution in [0.2, 0.25) is 0 Å². The van der Waals surface area contributed by atoms with Gasteiger partial charge in [0.25, 0.3) is 0 Å². The molecule has 0 aliphatic carbocycles. The van der Waals surface area contributed by atoms with E-state index < -0.39 is 17.6 Å². The molecule has 0 bridgehead atoms. The van der Waals surface area contributed by atoms with E-state index >= 15 is 0 Å². The lowest BCUT2D eigenvalue weighted by Crippen LogP contribution is -2.38. The van der Waals surface area contributed by atoms with E-state index in [1.165, 1.54) is 12.1 Å². The van der Waals surface area contributed by atoms with Gasteiger partial charge in [0.1, 0.15) is 6.10 Å². The van der Waals surface area contributed by atoms with Gasteiger partial charge in [0, 0.05) is 0 Å². The zero-order valence-electron chi connectivity index (χ0n) is 7.70. The highest BCUT2D eigenvalue weighted by atomic mass is 19.2. The molecular weight excluding hydrogens is 206 g/mol. The molecule has 1 fully saturated rings. The predicted octanol–water partition coefficient (Wildman–Crippen LogP) is 1.52. The minimum Gasteiger partial charge on any atom is -0.454 e. The standard InChI is InChI=1S/C10H8F2O3/c11-8-3-1-2-7(9(8)12)10(13)15-6-4-14-5-6/h1-3,6H,4-5H2. The number of esters is 1. The molecule has 80 valence electrons. The number of ether oxygens (including phenoxy) is 2. The first-order valence-corrected chi connectivity index (χ1v) is 4.41. The van der Waals surface area contributed by atoms with Crippen molar-refractivity contribution in [3.05, 3.63) is 35.4 Å². The third-order valence-corrected chi connectivity index (χ3v) is 2.05. The van der Waals surface area contributed by atoms with Gasteiger partial charge in [-0.3, -0.25) is 0 Å². The van der Waals surface area contributed by atoms with Crippen LogP contribution in [0.15, 0.2) is 18.2 Å². The average molecular weight is 214 g/mol. The van der Waals surface area contributed by atoms with Crippen LogP contribution in [0.5, 0.6) is 0 Å². The predicted molar refractivity (Wildman–Crippen MR) is 46.4 cm³/mol. The van der Waals surface area contributed by atoms with Crippen molar-refractivity contribution < 1.29 is 23.0 Å². The molecule has 0 amide bonds. The van der Waals surface area contributed by atoms with Gasteiger partial charge in [-0.05, 0) is 12.1 Å². The van der Waals surface area contributed by atoms with Crippen LogP contribution >= 0.6 is 0 Å². The van der Waals surface area contributed by atoms with Crippen LogP contribution in [0.1, 0.15) is 10.4 Å². The lowest BCUT2D eigenvalue weighted by atomic mass is 10.2. The van der Waals surface area contributed by atoms with Gasteiger partial charge in [-0.25, -0.2) is 13.6 Å². The number of rotatable bonds is 2. The molecule has 0 atom stereocenters. The summed E-state index contributed by atoms with van der Waals surface area (Å²) in [5, 5.41) is 0. The molecule has 3 nitrogen and oxygen atoms in total. The minimum absolute atomic E-state index is 0.308. The van der Waals surface area contributed by atoms with Gasteiger partial charge in [-0.2, -0.15) is 0 Å². The van der Waals surface area contributed by atoms with Gasteiger partial charge in [0.15, 0.2) is 11.6 Å². The lowest BCUT2D eigenvalue weighted by molar-refractivity contribution is -0.103. The highest BCUT2D eigenvalue weighted by Gasteiger charge is 2.25. The van der Waals surface area contributed by atoms with Gasteiger partial charge in [-0.15, -0.1) is 0 Å². The Hall–Kier alpha value is -1.49. The minimum atomic E-state index is -1.18. The van der Waals surface area contributed by atoms with Crippen molar-refractivity contribution in [2.24, 2.45) is 0 Å². The molecule has 1 aromatic rings. The zero-order chi connectivity index (χ0) is 10.8. The largest absolute Gasteiger partial charge is 0.454 e. The summed E-state index contributed by atoms with van der Waals surface area (Å²) in [6, 6.07) is 3.38. The van der Waals surface area contributed by atoms with Gasteiger partial charge >= 0.3 is 5.97 Å². The first kappa shape index (κ1) is 10.0. The monoisotopic (exact) mass is 214 g/mol. The van der Waals surface area contributed by atoms with Crippen LogP contribution in [-0.2, 0) is 9.47 Å². The molecule has 0 spiro atoms. The van der Waals surface area contributed by atoms with Crippen molar-refractivity contribution in [2.75, 3.05) is 13.2 Å². The van der Waals surface area contributed by atoms with Crippen LogP contribution in [0, 0.1) is 11.6 Å². The Bertz CT molecular complexity index is 388. The van der Waals surface area contributed by atoms with Crippen molar-refractivity contribution in [2.45, 2.75) is 6.10 Å². The summed E-state index contributed by atoms with van der Waals surface area (Å²) in [4.78, 5) is 11.3. The molecule has 0 N–H and O–H groups in total. The third kappa shape index (κ3) is 1.97. The van der Waals surface area contributed by atoms with Crippen molar-refractivity contribution >= 4 is 5.97 Å². The quantitative estimate of drug-likeness (QED) is 0.700. The third-order valence-electron chi connectivity index (χ3n) is 2.05. The Balaban J connectivity index is 2.13. The fourth-order valence-electron chi connectivity index (χ4n) is 1.16. The van der Waals surface area contributed by atoms with E-state index in [1.807, 2.05) is 0 Å². The summed E-state index contributed by atoms with van der Waals surface area (Å²) in [5.74, 6) is -3.10. The Kier molecular flexibility index (Phi) is 2.64. The summed E-state index contributed by atoms with van der Waals surface area (Å²) in [6.07, 6.45) is -0.347. The molecule has 1 saturated heterocycles. The van der Waals surface area contributed by atoms with Gasteiger partial charge in [-0.1, -0.05) is 6.07 Å². The number of hydrogen-bond donors (Lipinski definition) is 0. The van der Waals surface area contributed by atoms with Crippen molar-refractivity contribution in [1.29, 1.82) is 0 Å². The molecular formula is C10H8F2O3. The topological polar surface area (TPSA) is 35.5 Å². The van der Waals surface area contributed by atoms with Gasteiger partial charge in [0.05, 0.1) is 18.8 Å². The second kappa shape index (κ2) is 3.94. The summed E-state index contributed by atoms with van der Waals surface area (Å²) < 4.78 is 35.5. The average Bonchev–Trinajstić information content (AvgIpc) is 2.15. The number of hydrogen-bond acceptors (Lipinski definition) is 3. The van der Waals surface area contributed by atoms with E-state index in [9.17, 15) is 13.6 Å². The maximum atomic E-state index is 13.1. The van der Waals surface area contributed by atoms with E-state index in [1.54, 1.807) is 0 Å². The summed E-state index contributed by atoms with van der Waals surface area (Å²) >= 11 is 0. The molecule has 0 aromatic heterocycles. The van der Waals surface area contributed by atoms with E-state index in [4.69, 9.17) is 9.47 Å². The number of halogens is 2. The van der Waals surface area contributed by atoms with E-state index in [0.29, 0.717) is 13.2 Å². The van der Waals surface area contributed by atoms with E-state index in [-0.39, 0.29) is 11.7 Å². The Morgan fingerprint density at radius 2 is 2.13 bits per heavy atom. The Labute approximate surface area is 84.6 Å². The highest BCUT2D eigenvalue weighted by molar-refractivity contribution is 5.89. The molecule has 2 rings (SSSR count). The van der Waals surface area contributed by atoms with Crippen LogP contribution in [0.25, 0.3) is 0 Å². The molecule has 1 aromatic carbocycles. The first-order chi connectivity index (χ1) is 7.18. The first-order valence-electron chi connectivity index (χ1n) is 4.41. The van der Waals surface area contributed by atoms with Crippen molar-refractivity contribution in [1.82, 2.24) is 0 Å². The fourth-order valence-corrected chi connectivity index (χ4v) is 1.16. The van der Waals surface area contributed by atoms with Crippen LogP contribution in [0.4, 0.5) is 8.78 Å². The Morgan fingerprint density at radius 3 is 2.73 bits per heavy atom. The Morgan fingerprint density at radius 1 is 1.40 bits per heavy atom. The molecule has 0 unspecified atom stereocenters. The molecule has 1 heterocycles. The maximum Gasteiger partial charge on any atom is 0.341 e. The number of carbonyl (C=O) groups is 1. The maximum absolute atomic E-state index is 13.1. The van der Waals surface area contributed by atoms with Crippen LogP contribution in [-0.4, -0.2) is 25.3 Å². The van der Waals surface area contributed by atoms with Crippen LogP contribution in [0.3, 0.4) is 0 Å². The number of benzene rings is 1. The molecule has 1 aliphatic rings.